The third kappa shape index (κ3) is 3.47. The maximum absolute atomic E-state index is 11.8. The number of halogens is 1. The molecule has 1 amide bonds. The van der Waals surface area contributed by atoms with E-state index in [0.29, 0.717) is 13.1 Å². The molecule has 0 spiro atoms. The lowest BCUT2D eigenvalue weighted by atomic mass is 10.0. The van der Waals surface area contributed by atoms with Crippen molar-refractivity contribution >= 4 is 29.2 Å². The molecule has 0 bridgehead atoms. The molecule has 108 valence electrons. The van der Waals surface area contributed by atoms with E-state index in [4.69, 9.17) is 21.4 Å². The highest BCUT2D eigenvalue weighted by molar-refractivity contribution is 6.33. The largest absolute Gasteiger partial charge is 0.478 e. The number of ether oxygens (including phenoxy) is 1. The zero-order valence-corrected chi connectivity index (χ0v) is 11.7. The molecule has 6 nitrogen and oxygen atoms in total. The minimum Gasteiger partial charge on any atom is -0.478 e. The van der Waals surface area contributed by atoms with E-state index < -0.39 is 5.97 Å². The van der Waals surface area contributed by atoms with Crippen LogP contribution >= 0.6 is 11.6 Å². The molecule has 0 atom stereocenters. The summed E-state index contributed by atoms with van der Waals surface area (Å²) >= 11 is 5.92. The molecule has 7 heteroatoms. The fourth-order valence-electron chi connectivity index (χ4n) is 1.76. The van der Waals surface area contributed by atoms with Gasteiger partial charge >= 0.3 is 5.97 Å². The first-order chi connectivity index (χ1) is 9.39. The summed E-state index contributed by atoms with van der Waals surface area (Å²) in [5, 5.41) is 14.8. The zero-order valence-electron chi connectivity index (χ0n) is 10.9. The second kappa shape index (κ2) is 5.78. The van der Waals surface area contributed by atoms with Gasteiger partial charge in [-0.1, -0.05) is 11.6 Å². The molecule has 1 aromatic rings. The minimum atomic E-state index is -1.08. The van der Waals surface area contributed by atoms with Gasteiger partial charge in [-0.25, -0.2) is 4.79 Å². The van der Waals surface area contributed by atoms with E-state index in [1.165, 1.54) is 18.2 Å². The normalized spacial score (nSPS) is 16.3. The molecule has 3 N–H and O–H groups in total. The first-order valence-electron chi connectivity index (χ1n) is 6.07. The number of hydrogen-bond acceptors (Lipinski definition) is 4. The van der Waals surface area contributed by atoms with Gasteiger partial charge in [0, 0.05) is 13.1 Å². The number of rotatable bonds is 5. The Balaban J connectivity index is 1.96. The smallest absolute Gasteiger partial charge is 0.335 e. The van der Waals surface area contributed by atoms with Crippen LogP contribution in [0.5, 0.6) is 0 Å². The van der Waals surface area contributed by atoms with Crippen LogP contribution in [0.1, 0.15) is 17.3 Å². The number of carbonyl (C=O) groups is 2. The van der Waals surface area contributed by atoms with Crippen molar-refractivity contribution in [2.24, 2.45) is 0 Å². The summed E-state index contributed by atoms with van der Waals surface area (Å²) in [5.74, 6) is -1.45. The number of carbonyl (C=O) groups excluding carboxylic acids is 1. The van der Waals surface area contributed by atoms with E-state index in [-0.39, 0.29) is 34.4 Å². The Morgan fingerprint density at radius 1 is 1.50 bits per heavy atom. The predicted molar refractivity (Wildman–Crippen MR) is 74.3 cm³/mol. The number of anilines is 1. The van der Waals surface area contributed by atoms with Gasteiger partial charge in [0.15, 0.2) is 0 Å². The summed E-state index contributed by atoms with van der Waals surface area (Å²) in [6.07, 6.45) is 0. The molecule has 1 aromatic carbocycles. The van der Waals surface area contributed by atoms with Crippen molar-refractivity contribution in [3.63, 3.8) is 0 Å². The van der Waals surface area contributed by atoms with Gasteiger partial charge in [-0.3, -0.25) is 4.79 Å². The summed E-state index contributed by atoms with van der Waals surface area (Å²) in [5.41, 5.74) is 0.00200. The van der Waals surface area contributed by atoms with Crippen molar-refractivity contribution in [2.75, 3.05) is 25.0 Å². The third-order valence-corrected chi connectivity index (χ3v) is 3.37. The lowest BCUT2D eigenvalue weighted by Crippen LogP contribution is -2.59. The Morgan fingerprint density at radius 2 is 2.20 bits per heavy atom. The van der Waals surface area contributed by atoms with Crippen LogP contribution < -0.4 is 10.6 Å². The zero-order chi connectivity index (χ0) is 14.8. The van der Waals surface area contributed by atoms with Crippen molar-refractivity contribution < 1.29 is 19.4 Å². The van der Waals surface area contributed by atoms with Crippen molar-refractivity contribution in [1.29, 1.82) is 0 Å². The van der Waals surface area contributed by atoms with Crippen molar-refractivity contribution in [3.8, 4) is 0 Å². The van der Waals surface area contributed by atoms with Gasteiger partial charge in [0.2, 0.25) is 5.91 Å². The molecule has 20 heavy (non-hydrogen) atoms. The second-order valence-electron chi connectivity index (χ2n) is 4.89. The van der Waals surface area contributed by atoms with Crippen LogP contribution in [0.15, 0.2) is 18.2 Å². The first kappa shape index (κ1) is 14.8. The molecular weight excluding hydrogens is 284 g/mol. The Labute approximate surface area is 121 Å². The molecule has 0 radical (unpaired) electrons. The van der Waals surface area contributed by atoms with Gasteiger partial charge in [-0.15, -0.1) is 0 Å². The quantitative estimate of drug-likeness (QED) is 0.764. The number of aromatic carboxylic acids is 1. The predicted octanol–water partition coefficient (Wildman–Crippen LogP) is 1.36. The molecule has 0 aromatic heterocycles. The van der Waals surface area contributed by atoms with Crippen molar-refractivity contribution in [2.45, 2.75) is 12.5 Å². The molecule has 1 saturated heterocycles. The summed E-state index contributed by atoms with van der Waals surface area (Å²) in [7, 11) is 0. The fourth-order valence-corrected chi connectivity index (χ4v) is 1.92. The summed E-state index contributed by atoms with van der Waals surface area (Å²) in [6.45, 7) is 3.21. The Morgan fingerprint density at radius 3 is 2.75 bits per heavy atom. The Bertz CT molecular complexity index is 543. The van der Waals surface area contributed by atoms with Crippen molar-refractivity contribution in [1.82, 2.24) is 5.32 Å². The molecular formula is C13H15ClN2O4. The number of carboxylic acids is 1. The first-order valence-corrected chi connectivity index (χ1v) is 6.45. The highest BCUT2D eigenvalue weighted by atomic mass is 35.5. The van der Waals surface area contributed by atoms with Crippen LogP contribution in [-0.4, -0.2) is 42.3 Å². The van der Waals surface area contributed by atoms with Crippen molar-refractivity contribution in [3.05, 3.63) is 28.8 Å². The van der Waals surface area contributed by atoms with Crippen LogP contribution in [0.25, 0.3) is 0 Å². The second-order valence-corrected chi connectivity index (χ2v) is 5.30. The van der Waals surface area contributed by atoms with E-state index in [0.717, 1.165) is 0 Å². The monoisotopic (exact) mass is 298 g/mol. The molecule has 1 fully saturated rings. The number of hydrogen-bond donors (Lipinski definition) is 3. The van der Waals surface area contributed by atoms with Crippen LogP contribution in [0.3, 0.4) is 0 Å². The molecule has 1 heterocycles. The maximum Gasteiger partial charge on any atom is 0.335 e. The van der Waals surface area contributed by atoms with Gasteiger partial charge < -0.3 is 20.5 Å². The summed E-state index contributed by atoms with van der Waals surface area (Å²) < 4.78 is 5.48. The van der Waals surface area contributed by atoms with E-state index >= 15 is 0 Å². The number of amides is 1. The van der Waals surface area contributed by atoms with Crippen LogP contribution in [-0.2, 0) is 9.53 Å². The topological polar surface area (TPSA) is 87.7 Å². The molecule has 2 rings (SSSR count). The SMILES string of the molecule is CC1(OCC(=O)Nc2cc(C(=O)O)ccc2Cl)CNC1. The maximum atomic E-state index is 11.8. The molecule has 1 aliphatic rings. The van der Waals surface area contributed by atoms with Gasteiger partial charge in [0.1, 0.15) is 6.61 Å². The average molecular weight is 299 g/mol. The van der Waals surface area contributed by atoms with Gasteiger partial charge in [0.05, 0.1) is 21.9 Å². The van der Waals surface area contributed by atoms with E-state index in [1.807, 2.05) is 6.92 Å². The lowest BCUT2D eigenvalue weighted by Gasteiger charge is -2.38. The van der Waals surface area contributed by atoms with Crippen LogP contribution in [0.2, 0.25) is 5.02 Å². The molecule has 1 aliphatic heterocycles. The standard InChI is InChI=1S/C13H15ClN2O4/c1-13(6-15-7-13)20-5-11(17)16-10-4-8(12(18)19)2-3-9(10)14/h2-4,15H,5-7H2,1H3,(H,16,17)(H,18,19). The number of benzene rings is 1. The van der Waals surface area contributed by atoms with Gasteiger partial charge in [-0.2, -0.15) is 0 Å². The summed E-state index contributed by atoms with van der Waals surface area (Å²) in [4.78, 5) is 22.6. The summed E-state index contributed by atoms with van der Waals surface area (Å²) in [6, 6.07) is 4.12. The lowest BCUT2D eigenvalue weighted by molar-refractivity contribution is -0.130. The number of nitrogens with one attached hydrogen (secondary N) is 2. The van der Waals surface area contributed by atoms with Gasteiger partial charge in [0.25, 0.3) is 0 Å². The molecule has 0 saturated carbocycles. The minimum absolute atomic E-state index is 0.0563. The molecule has 0 unspecified atom stereocenters. The van der Waals surface area contributed by atoms with E-state index in [2.05, 4.69) is 10.6 Å². The number of carboxylic acid groups (broad SMARTS) is 1. The van der Waals surface area contributed by atoms with Crippen LogP contribution in [0.4, 0.5) is 5.69 Å². The van der Waals surface area contributed by atoms with E-state index in [9.17, 15) is 9.59 Å². The third-order valence-electron chi connectivity index (χ3n) is 3.04. The van der Waals surface area contributed by atoms with Gasteiger partial charge in [-0.05, 0) is 25.1 Å². The average Bonchev–Trinajstić information content (AvgIpc) is 2.36. The highest BCUT2D eigenvalue weighted by Gasteiger charge is 2.33. The van der Waals surface area contributed by atoms with Crippen LogP contribution in [0, 0.1) is 0 Å². The highest BCUT2D eigenvalue weighted by Crippen LogP contribution is 2.23. The Kier molecular flexibility index (Phi) is 4.27. The fraction of sp³-hybridized carbons (Fsp3) is 0.385. The Hall–Kier alpha value is -1.63. The molecule has 0 aliphatic carbocycles. The van der Waals surface area contributed by atoms with E-state index in [1.54, 1.807) is 0 Å².